The summed E-state index contributed by atoms with van der Waals surface area (Å²) < 4.78 is 44.8. The van der Waals surface area contributed by atoms with Gasteiger partial charge in [0.2, 0.25) is 0 Å². The van der Waals surface area contributed by atoms with Crippen molar-refractivity contribution in [3.63, 3.8) is 0 Å². The summed E-state index contributed by atoms with van der Waals surface area (Å²) in [6, 6.07) is 3.01. The third-order valence-corrected chi connectivity index (χ3v) is 3.83. The number of nitrogens with zero attached hydrogens (tertiary/aromatic N) is 1. The molecule has 0 saturated heterocycles. The standard InChI is InChI=1S/C16H17F3N2O3/c1-4-24-14(22)12-9(2)21(3)15(23)20-13(12)10-7-5-6-8-11(10)16(17,18)19/h5-8,13H,4H2,1-3H3,(H,20,23)/t13-/m1/s1. The van der Waals surface area contributed by atoms with Crippen molar-refractivity contribution >= 4 is 12.0 Å². The number of rotatable bonds is 3. The fourth-order valence-corrected chi connectivity index (χ4v) is 2.55. The summed E-state index contributed by atoms with van der Waals surface area (Å²) in [7, 11) is 1.43. The number of allylic oxidation sites excluding steroid dienone is 1. The highest BCUT2D eigenvalue weighted by Gasteiger charge is 2.40. The molecular weight excluding hydrogens is 325 g/mol. The SMILES string of the molecule is CCOC(=O)C1=C(C)N(C)C(=O)N[C@@H]1c1ccccc1C(F)(F)F. The maximum atomic E-state index is 13.3. The van der Waals surface area contributed by atoms with Crippen molar-refractivity contribution in [2.75, 3.05) is 13.7 Å². The molecule has 1 aromatic carbocycles. The Bertz CT molecular complexity index is 698. The summed E-state index contributed by atoms with van der Waals surface area (Å²) in [5, 5.41) is 2.44. The second kappa shape index (κ2) is 6.54. The van der Waals surface area contributed by atoms with E-state index in [1.807, 2.05) is 0 Å². The Hall–Kier alpha value is -2.51. The van der Waals surface area contributed by atoms with Crippen LogP contribution in [0.1, 0.15) is 31.0 Å². The maximum Gasteiger partial charge on any atom is 0.416 e. The van der Waals surface area contributed by atoms with Crippen molar-refractivity contribution in [3.05, 3.63) is 46.7 Å². The van der Waals surface area contributed by atoms with E-state index in [1.54, 1.807) is 6.92 Å². The van der Waals surface area contributed by atoms with Gasteiger partial charge in [0.25, 0.3) is 0 Å². The molecule has 1 heterocycles. The molecule has 130 valence electrons. The largest absolute Gasteiger partial charge is 0.463 e. The first-order valence-corrected chi connectivity index (χ1v) is 7.26. The lowest BCUT2D eigenvalue weighted by atomic mass is 9.91. The van der Waals surface area contributed by atoms with Gasteiger partial charge >= 0.3 is 18.2 Å². The van der Waals surface area contributed by atoms with Crippen molar-refractivity contribution in [1.82, 2.24) is 10.2 Å². The van der Waals surface area contributed by atoms with Crippen LogP contribution < -0.4 is 5.32 Å². The van der Waals surface area contributed by atoms with Gasteiger partial charge in [-0.25, -0.2) is 9.59 Å². The first-order chi connectivity index (χ1) is 11.2. The monoisotopic (exact) mass is 342 g/mol. The minimum absolute atomic E-state index is 0.0179. The van der Waals surface area contributed by atoms with Crippen LogP contribution in [0.3, 0.4) is 0 Å². The quantitative estimate of drug-likeness (QED) is 0.858. The van der Waals surface area contributed by atoms with Crippen molar-refractivity contribution in [2.45, 2.75) is 26.1 Å². The Kier molecular flexibility index (Phi) is 4.86. The number of alkyl halides is 3. The zero-order chi connectivity index (χ0) is 18.1. The van der Waals surface area contributed by atoms with E-state index in [0.29, 0.717) is 0 Å². The summed E-state index contributed by atoms with van der Waals surface area (Å²) in [6.45, 7) is 3.16. The van der Waals surface area contributed by atoms with Gasteiger partial charge in [0.05, 0.1) is 23.8 Å². The zero-order valence-corrected chi connectivity index (χ0v) is 13.4. The van der Waals surface area contributed by atoms with Crippen molar-refractivity contribution < 1.29 is 27.5 Å². The lowest BCUT2D eigenvalue weighted by molar-refractivity contribution is -0.141. The molecule has 8 heteroatoms. The first kappa shape index (κ1) is 17.8. The molecule has 1 N–H and O–H groups in total. The molecule has 0 spiro atoms. The van der Waals surface area contributed by atoms with E-state index in [4.69, 9.17) is 4.74 Å². The Balaban J connectivity index is 2.63. The van der Waals surface area contributed by atoms with Crippen LogP contribution >= 0.6 is 0 Å². The molecule has 0 radical (unpaired) electrons. The molecular formula is C16H17F3N2O3. The molecule has 0 unspecified atom stereocenters. The minimum atomic E-state index is -4.61. The highest BCUT2D eigenvalue weighted by atomic mass is 19.4. The van der Waals surface area contributed by atoms with Gasteiger partial charge in [-0.2, -0.15) is 13.2 Å². The van der Waals surface area contributed by atoms with Gasteiger partial charge in [-0.15, -0.1) is 0 Å². The van der Waals surface area contributed by atoms with Crippen LogP contribution in [0.15, 0.2) is 35.5 Å². The number of hydrogen-bond acceptors (Lipinski definition) is 3. The number of urea groups is 1. The average molecular weight is 342 g/mol. The van der Waals surface area contributed by atoms with E-state index < -0.39 is 29.8 Å². The van der Waals surface area contributed by atoms with Gasteiger partial charge in [-0.1, -0.05) is 18.2 Å². The van der Waals surface area contributed by atoms with Gasteiger partial charge in [-0.3, -0.25) is 0 Å². The third-order valence-electron chi connectivity index (χ3n) is 3.83. The fourth-order valence-electron chi connectivity index (χ4n) is 2.55. The predicted octanol–water partition coefficient (Wildman–Crippen LogP) is 3.24. The number of nitrogens with one attached hydrogen (secondary N) is 1. The molecule has 2 amide bonds. The summed E-state index contributed by atoms with van der Waals surface area (Å²) in [5.41, 5.74) is -0.877. The van der Waals surface area contributed by atoms with Crippen LogP contribution in [0.5, 0.6) is 0 Å². The number of carbonyl (C=O) groups is 2. The minimum Gasteiger partial charge on any atom is -0.463 e. The van der Waals surface area contributed by atoms with Crippen molar-refractivity contribution in [2.24, 2.45) is 0 Å². The lowest BCUT2D eigenvalue weighted by Crippen LogP contribution is -2.46. The fraction of sp³-hybridized carbons (Fsp3) is 0.375. The number of halogens is 3. The predicted molar refractivity (Wildman–Crippen MR) is 79.8 cm³/mol. The summed E-state index contributed by atoms with van der Waals surface area (Å²) in [5.74, 6) is -0.760. The molecule has 0 saturated carbocycles. The Morgan fingerprint density at radius 3 is 2.54 bits per heavy atom. The molecule has 1 atom stereocenters. The van der Waals surface area contributed by atoms with Gasteiger partial charge in [0, 0.05) is 12.7 Å². The van der Waals surface area contributed by atoms with Crippen LogP contribution in [0, 0.1) is 0 Å². The number of esters is 1. The topological polar surface area (TPSA) is 58.6 Å². The van der Waals surface area contributed by atoms with Gasteiger partial charge in [-0.05, 0) is 25.5 Å². The number of ether oxygens (including phenoxy) is 1. The summed E-state index contributed by atoms with van der Waals surface area (Å²) in [4.78, 5) is 25.5. The Morgan fingerprint density at radius 1 is 1.33 bits per heavy atom. The second-order valence-electron chi connectivity index (χ2n) is 5.25. The van der Waals surface area contributed by atoms with Crippen molar-refractivity contribution in [3.8, 4) is 0 Å². The molecule has 24 heavy (non-hydrogen) atoms. The molecule has 2 rings (SSSR count). The highest BCUT2D eigenvalue weighted by molar-refractivity contribution is 5.95. The van der Waals surface area contributed by atoms with Gasteiger partial charge < -0.3 is 15.0 Å². The Morgan fingerprint density at radius 2 is 1.96 bits per heavy atom. The van der Waals surface area contributed by atoms with Crippen LogP contribution in [0.25, 0.3) is 0 Å². The van der Waals surface area contributed by atoms with E-state index in [2.05, 4.69) is 5.32 Å². The summed E-state index contributed by atoms with van der Waals surface area (Å²) in [6.07, 6.45) is -4.61. The van der Waals surface area contributed by atoms with E-state index >= 15 is 0 Å². The molecule has 1 aromatic rings. The molecule has 0 fully saturated rings. The normalized spacial score (nSPS) is 18.5. The number of carbonyl (C=O) groups excluding carboxylic acids is 2. The van der Waals surface area contributed by atoms with Crippen LogP contribution in [-0.2, 0) is 15.7 Å². The summed E-state index contributed by atoms with van der Waals surface area (Å²) >= 11 is 0. The lowest BCUT2D eigenvalue weighted by Gasteiger charge is -2.34. The van der Waals surface area contributed by atoms with E-state index in [9.17, 15) is 22.8 Å². The van der Waals surface area contributed by atoms with E-state index in [0.717, 1.165) is 6.07 Å². The molecule has 0 bridgehead atoms. The van der Waals surface area contributed by atoms with Crippen LogP contribution in [-0.4, -0.2) is 30.6 Å². The zero-order valence-electron chi connectivity index (χ0n) is 13.4. The van der Waals surface area contributed by atoms with E-state index in [1.165, 1.54) is 37.1 Å². The second-order valence-corrected chi connectivity index (χ2v) is 5.25. The maximum absolute atomic E-state index is 13.3. The van der Waals surface area contributed by atoms with Crippen LogP contribution in [0.4, 0.5) is 18.0 Å². The van der Waals surface area contributed by atoms with Crippen molar-refractivity contribution in [1.29, 1.82) is 0 Å². The first-order valence-electron chi connectivity index (χ1n) is 7.26. The molecule has 0 aromatic heterocycles. The molecule has 1 aliphatic rings. The molecule has 5 nitrogen and oxygen atoms in total. The molecule has 1 aliphatic heterocycles. The van der Waals surface area contributed by atoms with Gasteiger partial charge in [0.1, 0.15) is 0 Å². The van der Waals surface area contributed by atoms with E-state index in [-0.39, 0.29) is 23.4 Å². The smallest absolute Gasteiger partial charge is 0.416 e. The van der Waals surface area contributed by atoms with Crippen LogP contribution in [0.2, 0.25) is 0 Å². The third kappa shape index (κ3) is 3.22. The van der Waals surface area contributed by atoms with Gasteiger partial charge in [0.15, 0.2) is 0 Å². The molecule has 0 aliphatic carbocycles. The number of benzene rings is 1. The Labute approximate surface area is 137 Å². The highest BCUT2D eigenvalue weighted by Crippen LogP contribution is 2.39. The number of amides is 2. The number of hydrogen-bond donors (Lipinski definition) is 1. The average Bonchev–Trinajstić information content (AvgIpc) is 2.51.